The summed E-state index contributed by atoms with van der Waals surface area (Å²) >= 11 is 5.98. The van der Waals surface area contributed by atoms with Crippen molar-refractivity contribution in [3.8, 4) is 5.75 Å². The van der Waals surface area contributed by atoms with Crippen LogP contribution in [-0.2, 0) is 9.53 Å². The van der Waals surface area contributed by atoms with Gasteiger partial charge in [-0.1, -0.05) is 18.5 Å². The van der Waals surface area contributed by atoms with E-state index in [1.165, 1.54) is 0 Å². The second kappa shape index (κ2) is 9.90. The summed E-state index contributed by atoms with van der Waals surface area (Å²) in [5.41, 5.74) is 0.602. The number of benzene rings is 1. The van der Waals surface area contributed by atoms with Crippen LogP contribution in [0.5, 0.6) is 5.75 Å². The summed E-state index contributed by atoms with van der Waals surface area (Å²) in [4.78, 5) is 12.1. The number of halogens is 2. The summed E-state index contributed by atoms with van der Waals surface area (Å²) in [5.74, 6) is 0.532. The maximum Gasteiger partial charge on any atom is 0.227 e. The summed E-state index contributed by atoms with van der Waals surface area (Å²) in [6, 6.07) is 5.22. The predicted molar refractivity (Wildman–Crippen MR) is 90.3 cm³/mol. The standard InChI is InChI=1S/C15H21ClN2O3.ClH/c1-2-6-21-14-4-3-11(16)8-13(14)18-15(19)9-12-10-17-5-7-20-12;/h3-4,8,12,17H,2,5-7,9-10H2,1H3,(H,18,19);1H. The van der Waals surface area contributed by atoms with E-state index in [-0.39, 0.29) is 24.4 Å². The normalized spacial score (nSPS) is 17.5. The largest absolute Gasteiger partial charge is 0.491 e. The number of amides is 1. The lowest BCUT2D eigenvalue weighted by atomic mass is 10.2. The lowest BCUT2D eigenvalue weighted by Gasteiger charge is -2.23. The topological polar surface area (TPSA) is 59.6 Å². The number of anilines is 1. The van der Waals surface area contributed by atoms with Gasteiger partial charge in [0.05, 0.1) is 31.4 Å². The average molecular weight is 349 g/mol. The summed E-state index contributed by atoms with van der Waals surface area (Å²) < 4.78 is 11.1. The monoisotopic (exact) mass is 348 g/mol. The molecule has 0 aliphatic carbocycles. The van der Waals surface area contributed by atoms with Crippen LogP contribution in [0.2, 0.25) is 5.02 Å². The third-order valence-corrected chi connectivity index (χ3v) is 3.33. The Morgan fingerprint density at radius 3 is 3.05 bits per heavy atom. The summed E-state index contributed by atoms with van der Waals surface area (Å²) in [7, 11) is 0. The summed E-state index contributed by atoms with van der Waals surface area (Å²) in [5, 5.41) is 6.61. The number of rotatable bonds is 6. The van der Waals surface area contributed by atoms with Crippen LogP contribution in [0.25, 0.3) is 0 Å². The fraction of sp³-hybridized carbons (Fsp3) is 0.533. The smallest absolute Gasteiger partial charge is 0.227 e. The SMILES string of the molecule is CCCOc1ccc(Cl)cc1NC(=O)CC1CNCCO1.Cl. The number of carbonyl (C=O) groups excluding carboxylic acids is 1. The minimum atomic E-state index is -0.104. The molecule has 1 amide bonds. The van der Waals surface area contributed by atoms with Crippen LogP contribution in [0.4, 0.5) is 5.69 Å². The molecule has 1 fully saturated rings. The van der Waals surface area contributed by atoms with E-state index >= 15 is 0 Å². The maximum atomic E-state index is 12.1. The van der Waals surface area contributed by atoms with Crippen LogP contribution in [0, 0.1) is 0 Å². The van der Waals surface area contributed by atoms with Crippen LogP contribution in [-0.4, -0.2) is 38.3 Å². The van der Waals surface area contributed by atoms with E-state index in [1.807, 2.05) is 6.92 Å². The zero-order valence-corrected chi connectivity index (χ0v) is 14.1. The number of nitrogens with one attached hydrogen (secondary N) is 2. The Kier molecular flexibility index (Phi) is 8.56. The highest BCUT2D eigenvalue weighted by Crippen LogP contribution is 2.28. The molecule has 22 heavy (non-hydrogen) atoms. The van der Waals surface area contributed by atoms with Gasteiger partial charge in [0.2, 0.25) is 5.91 Å². The van der Waals surface area contributed by atoms with Crippen LogP contribution in [0.15, 0.2) is 18.2 Å². The first-order valence-corrected chi connectivity index (χ1v) is 7.61. The molecule has 1 saturated heterocycles. The maximum absolute atomic E-state index is 12.1. The van der Waals surface area contributed by atoms with Gasteiger partial charge in [0.1, 0.15) is 5.75 Å². The van der Waals surface area contributed by atoms with Crippen molar-refractivity contribution in [2.45, 2.75) is 25.9 Å². The van der Waals surface area contributed by atoms with Gasteiger partial charge >= 0.3 is 0 Å². The molecule has 1 aliphatic heterocycles. The minimum Gasteiger partial charge on any atom is -0.491 e. The van der Waals surface area contributed by atoms with E-state index in [0.717, 1.165) is 13.0 Å². The van der Waals surface area contributed by atoms with E-state index in [4.69, 9.17) is 21.1 Å². The first-order valence-electron chi connectivity index (χ1n) is 7.23. The van der Waals surface area contributed by atoms with Crippen molar-refractivity contribution < 1.29 is 14.3 Å². The lowest BCUT2D eigenvalue weighted by Crippen LogP contribution is -2.40. The zero-order chi connectivity index (χ0) is 15.1. The van der Waals surface area contributed by atoms with Crippen LogP contribution in [0.3, 0.4) is 0 Å². The molecular formula is C15H22Cl2N2O3. The molecule has 0 saturated carbocycles. The second-order valence-electron chi connectivity index (χ2n) is 4.94. The van der Waals surface area contributed by atoms with Gasteiger partial charge in [-0.25, -0.2) is 0 Å². The molecule has 5 nitrogen and oxygen atoms in total. The minimum absolute atomic E-state index is 0. The third kappa shape index (κ3) is 6.01. The third-order valence-electron chi connectivity index (χ3n) is 3.09. The highest BCUT2D eigenvalue weighted by Gasteiger charge is 2.18. The summed E-state index contributed by atoms with van der Waals surface area (Å²) in [6.07, 6.45) is 1.13. The molecule has 0 spiro atoms. The van der Waals surface area contributed by atoms with E-state index in [2.05, 4.69) is 10.6 Å². The van der Waals surface area contributed by atoms with Gasteiger partial charge < -0.3 is 20.1 Å². The van der Waals surface area contributed by atoms with Crippen molar-refractivity contribution in [3.05, 3.63) is 23.2 Å². The van der Waals surface area contributed by atoms with Crippen molar-refractivity contribution in [2.24, 2.45) is 0 Å². The Bertz CT molecular complexity index is 480. The van der Waals surface area contributed by atoms with E-state index in [9.17, 15) is 4.79 Å². The molecule has 1 aromatic rings. The zero-order valence-electron chi connectivity index (χ0n) is 12.6. The molecule has 0 aromatic heterocycles. The first-order chi connectivity index (χ1) is 10.2. The van der Waals surface area contributed by atoms with Crippen LogP contribution >= 0.6 is 24.0 Å². The molecule has 1 aromatic carbocycles. The van der Waals surface area contributed by atoms with Crippen molar-refractivity contribution in [2.75, 3.05) is 31.6 Å². The van der Waals surface area contributed by atoms with Crippen molar-refractivity contribution in [1.29, 1.82) is 0 Å². The number of hydrogen-bond donors (Lipinski definition) is 2. The molecule has 1 atom stereocenters. The predicted octanol–water partition coefficient (Wildman–Crippen LogP) is 2.87. The van der Waals surface area contributed by atoms with Crippen LogP contribution in [0.1, 0.15) is 19.8 Å². The van der Waals surface area contributed by atoms with Gasteiger partial charge in [-0.05, 0) is 24.6 Å². The molecule has 2 N–H and O–H groups in total. The number of carbonyl (C=O) groups is 1. The Balaban J connectivity index is 0.00000242. The highest BCUT2D eigenvalue weighted by atomic mass is 35.5. The van der Waals surface area contributed by atoms with Gasteiger partial charge in [-0.2, -0.15) is 0 Å². The van der Waals surface area contributed by atoms with Gasteiger partial charge in [0.25, 0.3) is 0 Å². The molecule has 0 radical (unpaired) electrons. The Morgan fingerprint density at radius 1 is 1.55 bits per heavy atom. The van der Waals surface area contributed by atoms with Crippen molar-refractivity contribution in [3.63, 3.8) is 0 Å². The Morgan fingerprint density at radius 2 is 2.36 bits per heavy atom. The van der Waals surface area contributed by atoms with E-state index in [1.54, 1.807) is 18.2 Å². The van der Waals surface area contributed by atoms with Crippen molar-refractivity contribution in [1.82, 2.24) is 5.32 Å². The van der Waals surface area contributed by atoms with E-state index < -0.39 is 0 Å². The highest BCUT2D eigenvalue weighted by molar-refractivity contribution is 6.31. The fourth-order valence-corrected chi connectivity index (χ4v) is 2.27. The van der Waals surface area contributed by atoms with Gasteiger partial charge in [-0.3, -0.25) is 4.79 Å². The van der Waals surface area contributed by atoms with Gasteiger partial charge in [0.15, 0.2) is 0 Å². The van der Waals surface area contributed by atoms with Crippen LogP contribution < -0.4 is 15.4 Å². The molecule has 124 valence electrons. The molecule has 7 heteroatoms. The number of hydrogen-bond acceptors (Lipinski definition) is 4. The number of ether oxygens (including phenoxy) is 2. The number of morpholine rings is 1. The summed E-state index contributed by atoms with van der Waals surface area (Å²) in [6.45, 7) is 4.80. The lowest BCUT2D eigenvalue weighted by molar-refractivity contribution is -0.119. The average Bonchev–Trinajstić information content (AvgIpc) is 2.47. The van der Waals surface area contributed by atoms with Gasteiger partial charge in [-0.15, -0.1) is 12.4 Å². The quantitative estimate of drug-likeness (QED) is 0.829. The fourth-order valence-electron chi connectivity index (χ4n) is 2.10. The molecule has 0 bridgehead atoms. The Hall–Kier alpha value is -1.01. The molecular weight excluding hydrogens is 327 g/mol. The first kappa shape index (κ1) is 19.0. The van der Waals surface area contributed by atoms with Crippen molar-refractivity contribution >= 4 is 35.6 Å². The Labute approximate surface area is 142 Å². The molecule has 1 unspecified atom stereocenters. The van der Waals surface area contributed by atoms with Gasteiger partial charge in [0, 0.05) is 18.1 Å². The molecule has 2 rings (SSSR count). The second-order valence-corrected chi connectivity index (χ2v) is 5.37. The molecule has 1 heterocycles. The molecule has 1 aliphatic rings. The van der Waals surface area contributed by atoms with E-state index in [0.29, 0.717) is 42.6 Å².